The summed E-state index contributed by atoms with van der Waals surface area (Å²) >= 11 is 1.30. The van der Waals surface area contributed by atoms with E-state index in [0.29, 0.717) is 17.0 Å². The summed E-state index contributed by atoms with van der Waals surface area (Å²) in [5, 5.41) is 33.0. The molecule has 1 aliphatic carbocycles. The van der Waals surface area contributed by atoms with Crippen molar-refractivity contribution in [3.05, 3.63) is 55.5 Å². The molecular formula is C21H19N3O6S. The van der Waals surface area contributed by atoms with Crippen LogP contribution in [0.2, 0.25) is 0 Å². The molecule has 0 bridgehead atoms. The first kappa shape index (κ1) is 22.0. The third-order valence-corrected chi connectivity index (χ3v) is 5.96. The van der Waals surface area contributed by atoms with Crippen molar-refractivity contribution in [1.29, 1.82) is 5.26 Å². The summed E-state index contributed by atoms with van der Waals surface area (Å²) in [4.78, 5) is 36.5. The molecule has 1 heterocycles. The molecule has 9 nitrogen and oxygen atoms in total. The fraction of sp³-hybridized carbons (Fsp3) is 0.286. The van der Waals surface area contributed by atoms with E-state index < -0.39 is 28.2 Å². The number of carbonyl (C=O) groups is 2. The maximum Gasteiger partial charge on any atom is 0.341 e. The van der Waals surface area contributed by atoms with Crippen molar-refractivity contribution in [3.63, 3.8) is 0 Å². The first-order chi connectivity index (χ1) is 14.8. The van der Waals surface area contributed by atoms with E-state index in [-0.39, 0.29) is 17.7 Å². The molecular weight excluding hydrogens is 422 g/mol. The number of anilines is 1. The average Bonchev–Trinajstić information content (AvgIpc) is 3.10. The number of nitrogens with one attached hydrogen (secondary N) is 1. The SMILES string of the molecule is CCOC(=O)c1c(NC(=O)/C(C#N)=C/c2ccc(O)c([N+](=O)[O-])c2)sc2c1CCCC2. The lowest BCUT2D eigenvalue weighted by molar-refractivity contribution is -0.385. The third-order valence-electron chi connectivity index (χ3n) is 4.75. The monoisotopic (exact) mass is 441 g/mol. The molecule has 0 unspecified atom stereocenters. The first-order valence-corrected chi connectivity index (χ1v) is 10.4. The number of esters is 1. The van der Waals surface area contributed by atoms with Gasteiger partial charge in [0.25, 0.3) is 5.91 Å². The van der Waals surface area contributed by atoms with E-state index in [1.165, 1.54) is 23.5 Å². The normalized spacial score (nSPS) is 13.1. The third kappa shape index (κ3) is 4.73. The summed E-state index contributed by atoms with van der Waals surface area (Å²) in [6, 6.07) is 5.30. The van der Waals surface area contributed by atoms with Crippen LogP contribution in [0.15, 0.2) is 23.8 Å². The van der Waals surface area contributed by atoms with Gasteiger partial charge in [0.05, 0.1) is 17.1 Å². The highest BCUT2D eigenvalue weighted by Gasteiger charge is 2.28. The Kier molecular flexibility index (Phi) is 6.67. The van der Waals surface area contributed by atoms with Crippen molar-refractivity contribution in [3.8, 4) is 11.8 Å². The lowest BCUT2D eigenvalue weighted by Gasteiger charge is -2.12. The van der Waals surface area contributed by atoms with Crippen LogP contribution in [0, 0.1) is 21.4 Å². The van der Waals surface area contributed by atoms with E-state index in [2.05, 4.69) is 5.32 Å². The van der Waals surface area contributed by atoms with Crippen LogP contribution in [-0.4, -0.2) is 28.5 Å². The predicted octanol–water partition coefficient (Wildman–Crippen LogP) is 3.96. The van der Waals surface area contributed by atoms with Gasteiger partial charge in [0, 0.05) is 10.9 Å². The van der Waals surface area contributed by atoms with E-state index in [4.69, 9.17) is 4.74 Å². The van der Waals surface area contributed by atoms with Gasteiger partial charge < -0.3 is 15.2 Å². The van der Waals surface area contributed by atoms with Crippen LogP contribution < -0.4 is 5.32 Å². The molecule has 0 spiro atoms. The Morgan fingerprint density at radius 2 is 2.13 bits per heavy atom. The maximum atomic E-state index is 12.7. The van der Waals surface area contributed by atoms with Gasteiger partial charge in [-0.25, -0.2) is 4.79 Å². The highest BCUT2D eigenvalue weighted by molar-refractivity contribution is 7.17. The number of nitriles is 1. The number of nitro groups is 1. The molecule has 1 aromatic carbocycles. The van der Waals surface area contributed by atoms with Crippen LogP contribution in [0.5, 0.6) is 5.75 Å². The number of nitro benzene ring substituents is 1. The standard InChI is InChI=1S/C21H19N3O6S/c1-2-30-21(27)18-14-5-3-4-6-17(14)31-20(18)23-19(26)13(11-22)9-12-7-8-16(25)15(10-12)24(28)29/h7-10,25H,2-6H2,1H3,(H,23,26)/b13-9+. The molecule has 31 heavy (non-hydrogen) atoms. The number of carbonyl (C=O) groups excluding carboxylic acids is 2. The zero-order valence-electron chi connectivity index (χ0n) is 16.6. The van der Waals surface area contributed by atoms with Crippen LogP contribution in [-0.2, 0) is 22.4 Å². The van der Waals surface area contributed by atoms with Gasteiger partial charge in [-0.1, -0.05) is 6.07 Å². The van der Waals surface area contributed by atoms with Crippen LogP contribution in [0.3, 0.4) is 0 Å². The number of benzene rings is 1. The summed E-state index contributed by atoms with van der Waals surface area (Å²) in [5.41, 5.74) is 0.560. The number of phenols is 1. The second kappa shape index (κ2) is 9.40. The van der Waals surface area contributed by atoms with Crippen LogP contribution in [0.25, 0.3) is 6.08 Å². The number of fused-ring (bicyclic) bond motifs is 1. The molecule has 0 saturated carbocycles. The fourth-order valence-corrected chi connectivity index (χ4v) is 4.61. The van der Waals surface area contributed by atoms with Gasteiger partial charge in [-0.3, -0.25) is 14.9 Å². The smallest absolute Gasteiger partial charge is 0.341 e. The van der Waals surface area contributed by atoms with E-state index >= 15 is 0 Å². The largest absolute Gasteiger partial charge is 0.502 e. The molecule has 2 N–H and O–H groups in total. The van der Waals surface area contributed by atoms with Gasteiger partial charge in [-0.05, 0) is 55.9 Å². The number of nitrogens with zero attached hydrogens (tertiary/aromatic N) is 2. The molecule has 160 valence electrons. The zero-order chi connectivity index (χ0) is 22.5. The summed E-state index contributed by atoms with van der Waals surface area (Å²) in [5.74, 6) is -1.79. The number of phenolic OH excluding ortho intramolecular Hbond substituents is 1. The summed E-state index contributed by atoms with van der Waals surface area (Å²) < 4.78 is 5.15. The molecule has 0 fully saturated rings. The van der Waals surface area contributed by atoms with Crippen LogP contribution in [0.1, 0.15) is 46.1 Å². The van der Waals surface area contributed by atoms with Crippen molar-refractivity contribution in [2.24, 2.45) is 0 Å². The molecule has 1 amide bonds. The Balaban J connectivity index is 1.93. The number of hydrogen-bond acceptors (Lipinski definition) is 8. The minimum absolute atomic E-state index is 0.194. The summed E-state index contributed by atoms with van der Waals surface area (Å²) in [7, 11) is 0. The molecule has 10 heteroatoms. The minimum Gasteiger partial charge on any atom is -0.502 e. The lowest BCUT2D eigenvalue weighted by atomic mass is 9.95. The van der Waals surface area contributed by atoms with Crippen molar-refractivity contribution < 1.29 is 24.4 Å². The number of thiophene rings is 1. The quantitative estimate of drug-likeness (QED) is 0.227. The summed E-state index contributed by atoms with van der Waals surface area (Å²) in [6.45, 7) is 1.89. The van der Waals surface area contributed by atoms with Crippen molar-refractivity contribution in [1.82, 2.24) is 0 Å². The molecule has 3 rings (SSSR count). The number of aryl methyl sites for hydroxylation is 1. The Bertz CT molecular complexity index is 1130. The van der Waals surface area contributed by atoms with Gasteiger partial charge in [0.15, 0.2) is 5.75 Å². The predicted molar refractivity (Wildman–Crippen MR) is 114 cm³/mol. The van der Waals surface area contributed by atoms with Crippen molar-refractivity contribution in [2.75, 3.05) is 11.9 Å². The topological polar surface area (TPSA) is 143 Å². The molecule has 0 atom stereocenters. The second-order valence-corrected chi connectivity index (χ2v) is 7.87. The molecule has 0 saturated heterocycles. The lowest BCUT2D eigenvalue weighted by Crippen LogP contribution is -2.16. The van der Waals surface area contributed by atoms with Gasteiger partial charge in [-0.2, -0.15) is 5.26 Å². The minimum atomic E-state index is -0.763. The van der Waals surface area contributed by atoms with E-state index in [0.717, 1.165) is 41.8 Å². The van der Waals surface area contributed by atoms with E-state index in [1.807, 2.05) is 0 Å². The Hall–Kier alpha value is -3.71. The van der Waals surface area contributed by atoms with Crippen LogP contribution >= 0.6 is 11.3 Å². The number of aromatic hydroxyl groups is 1. The number of rotatable bonds is 6. The number of ether oxygens (including phenoxy) is 1. The van der Waals surface area contributed by atoms with E-state index in [9.17, 15) is 30.1 Å². The molecule has 1 aliphatic rings. The molecule has 0 radical (unpaired) electrons. The fourth-order valence-electron chi connectivity index (χ4n) is 3.34. The van der Waals surface area contributed by atoms with Gasteiger partial charge in [0.1, 0.15) is 16.6 Å². The highest BCUT2D eigenvalue weighted by atomic mass is 32.1. The number of amides is 1. The van der Waals surface area contributed by atoms with E-state index in [1.54, 1.807) is 13.0 Å². The first-order valence-electron chi connectivity index (χ1n) is 9.57. The van der Waals surface area contributed by atoms with Gasteiger partial charge in [-0.15, -0.1) is 11.3 Å². The highest BCUT2D eigenvalue weighted by Crippen LogP contribution is 2.39. The molecule has 2 aromatic rings. The van der Waals surface area contributed by atoms with Gasteiger partial charge in [0.2, 0.25) is 0 Å². The van der Waals surface area contributed by atoms with Crippen molar-refractivity contribution in [2.45, 2.75) is 32.6 Å². The Morgan fingerprint density at radius 1 is 1.39 bits per heavy atom. The molecule has 1 aromatic heterocycles. The van der Waals surface area contributed by atoms with Gasteiger partial charge >= 0.3 is 11.7 Å². The second-order valence-electron chi connectivity index (χ2n) is 6.76. The van der Waals surface area contributed by atoms with Crippen LogP contribution in [0.4, 0.5) is 10.7 Å². The maximum absolute atomic E-state index is 12.7. The Labute approximate surface area is 181 Å². The Morgan fingerprint density at radius 3 is 2.81 bits per heavy atom. The zero-order valence-corrected chi connectivity index (χ0v) is 17.5. The average molecular weight is 441 g/mol. The molecule has 0 aliphatic heterocycles. The summed E-state index contributed by atoms with van der Waals surface area (Å²) in [6.07, 6.45) is 4.63. The van der Waals surface area contributed by atoms with Crippen molar-refractivity contribution >= 4 is 40.0 Å². The number of hydrogen-bond donors (Lipinski definition) is 2.